The van der Waals surface area contributed by atoms with Crippen LogP contribution in [-0.2, 0) is 22.5 Å². The molecule has 156 valence electrons. The van der Waals surface area contributed by atoms with Crippen LogP contribution >= 0.6 is 0 Å². The largest absolute Gasteiger partial charge is 0.381 e. The van der Waals surface area contributed by atoms with Gasteiger partial charge in [0.15, 0.2) is 0 Å². The fraction of sp³-hybridized carbons (Fsp3) is 0.500. The molecule has 1 aliphatic heterocycles. The summed E-state index contributed by atoms with van der Waals surface area (Å²) in [5, 5.41) is 2.82. The van der Waals surface area contributed by atoms with Crippen LogP contribution in [0.5, 0.6) is 0 Å². The van der Waals surface area contributed by atoms with Crippen LogP contribution in [0, 0.1) is 5.41 Å². The Labute approximate surface area is 174 Å². The molecule has 0 saturated carbocycles. The molecule has 0 aliphatic carbocycles. The number of anilines is 1. The quantitative estimate of drug-likeness (QED) is 0.688. The van der Waals surface area contributed by atoms with Crippen LogP contribution in [-0.4, -0.2) is 42.1 Å². The van der Waals surface area contributed by atoms with Crippen molar-refractivity contribution >= 4 is 11.6 Å². The van der Waals surface area contributed by atoms with E-state index in [1.807, 2.05) is 24.4 Å². The topological polar surface area (TPSA) is 54.5 Å². The van der Waals surface area contributed by atoms with E-state index in [4.69, 9.17) is 4.74 Å². The van der Waals surface area contributed by atoms with Gasteiger partial charge in [0, 0.05) is 37.7 Å². The zero-order chi connectivity index (χ0) is 20.5. The van der Waals surface area contributed by atoms with Gasteiger partial charge >= 0.3 is 0 Å². The predicted molar refractivity (Wildman–Crippen MR) is 117 cm³/mol. The van der Waals surface area contributed by atoms with Crippen LogP contribution < -0.4 is 5.32 Å². The Morgan fingerprint density at radius 2 is 1.93 bits per heavy atom. The second-order valence-corrected chi connectivity index (χ2v) is 8.11. The highest BCUT2D eigenvalue weighted by Gasteiger charge is 2.34. The third-order valence-corrected chi connectivity index (χ3v) is 5.85. The Balaban J connectivity index is 1.54. The molecule has 0 radical (unpaired) electrons. The molecule has 5 heteroatoms. The fourth-order valence-corrected chi connectivity index (χ4v) is 4.06. The van der Waals surface area contributed by atoms with E-state index >= 15 is 0 Å². The zero-order valence-corrected chi connectivity index (χ0v) is 17.7. The van der Waals surface area contributed by atoms with Gasteiger partial charge in [-0.3, -0.25) is 14.7 Å². The first-order chi connectivity index (χ1) is 14.1. The first kappa shape index (κ1) is 21.5. The van der Waals surface area contributed by atoms with Crippen LogP contribution in [0.1, 0.15) is 44.4 Å². The van der Waals surface area contributed by atoms with Gasteiger partial charge in [-0.1, -0.05) is 18.2 Å². The Morgan fingerprint density at radius 1 is 1.17 bits per heavy atom. The molecule has 5 nitrogen and oxygen atoms in total. The lowest BCUT2D eigenvalue weighted by Crippen LogP contribution is -2.42. The number of carbonyl (C=O) groups excluding carboxylic acids is 1. The van der Waals surface area contributed by atoms with Crippen molar-refractivity contribution in [2.75, 3.05) is 31.6 Å². The molecule has 1 amide bonds. The number of benzene rings is 1. The molecule has 0 bridgehead atoms. The second kappa shape index (κ2) is 10.5. The molecule has 3 rings (SSSR count). The van der Waals surface area contributed by atoms with Gasteiger partial charge in [-0.05, 0) is 80.9 Å². The van der Waals surface area contributed by atoms with Gasteiger partial charge in [0.25, 0.3) is 0 Å². The Morgan fingerprint density at radius 3 is 2.55 bits per heavy atom. The van der Waals surface area contributed by atoms with Crippen LogP contribution in [0.2, 0.25) is 0 Å². The summed E-state index contributed by atoms with van der Waals surface area (Å²) < 4.78 is 5.89. The molecular weight excluding hydrogens is 362 g/mol. The van der Waals surface area contributed by atoms with Crippen LogP contribution in [0.3, 0.4) is 0 Å². The van der Waals surface area contributed by atoms with E-state index in [2.05, 4.69) is 46.4 Å². The van der Waals surface area contributed by atoms with Crippen molar-refractivity contribution in [2.24, 2.45) is 5.41 Å². The first-order valence-electron chi connectivity index (χ1n) is 10.7. The third-order valence-electron chi connectivity index (χ3n) is 5.85. The second-order valence-electron chi connectivity index (χ2n) is 8.11. The maximum atomic E-state index is 11.2. The minimum Gasteiger partial charge on any atom is -0.381 e. The predicted octanol–water partition coefficient (Wildman–Crippen LogP) is 4.29. The van der Waals surface area contributed by atoms with Gasteiger partial charge < -0.3 is 10.1 Å². The molecular formula is C24H33N3O2. The smallest absolute Gasteiger partial charge is 0.221 e. The highest BCUT2D eigenvalue weighted by atomic mass is 16.5. The normalized spacial score (nSPS) is 16.5. The minimum atomic E-state index is -0.0369. The minimum absolute atomic E-state index is 0.0369. The van der Waals surface area contributed by atoms with Crippen molar-refractivity contribution in [3.8, 4) is 0 Å². The summed E-state index contributed by atoms with van der Waals surface area (Å²) in [6.45, 7) is 8.35. The maximum absolute atomic E-state index is 11.2. The average Bonchev–Trinajstić information content (AvgIpc) is 2.74. The van der Waals surface area contributed by atoms with Crippen LogP contribution in [0.25, 0.3) is 0 Å². The number of piperidine rings is 1. The summed E-state index contributed by atoms with van der Waals surface area (Å²) in [6, 6.07) is 14.3. The number of aryl methyl sites for hydroxylation is 1. The standard InChI is InChI=1S/C24H33N3O2/c1-3-29-19-24(12-11-22-6-4-5-15-25-22)13-16-27(17-14-24)18-21-7-9-23(10-8-21)26-20(2)28/h4-10,15H,3,11-14,16-19H2,1-2H3,(H,26,28). The lowest BCUT2D eigenvalue weighted by Gasteiger charge is -2.42. The number of amides is 1. The average molecular weight is 396 g/mol. The van der Waals surface area contributed by atoms with E-state index in [1.165, 1.54) is 18.2 Å². The lowest BCUT2D eigenvalue weighted by atomic mass is 9.75. The summed E-state index contributed by atoms with van der Waals surface area (Å²) in [7, 11) is 0. The number of hydrogen-bond acceptors (Lipinski definition) is 4. The number of carbonyl (C=O) groups is 1. The Hall–Kier alpha value is -2.24. The molecule has 0 unspecified atom stereocenters. The number of nitrogens with zero attached hydrogens (tertiary/aromatic N) is 2. The van der Waals surface area contributed by atoms with E-state index in [9.17, 15) is 4.79 Å². The number of hydrogen-bond donors (Lipinski definition) is 1. The fourth-order valence-electron chi connectivity index (χ4n) is 4.06. The number of ether oxygens (including phenoxy) is 1. The van der Waals surface area contributed by atoms with Gasteiger partial charge in [0.2, 0.25) is 5.91 Å². The summed E-state index contributed by atoms with van der Waals surface area (Å²) in [6.07, 6.45) is 6.33. The van der Waals surface area contributed by atoms with Gasteiger partial charge in [-0.2, -0.15) is 0 Å². The number of rotatable bonds is 9. The van der Waals surface area contributed by atoms with Gasteiger partial charge in [-0.15, -0.1) is 0 Å². The van der Waals surface area contributed by atoms with E-state index in [0.29, 0.717) is 0 Å². The molecule has 1 saturated heterocycles. The lowest BCUT2D eigenvalue weighted by molar-refractivity contribution is -0.114. The highest BCUT2D eigenvalue weighted by Crippen LogP contribution is 2.37. The summed E-state index contributed by atoms with van der Waals surface area (Å²) in [5.74, 6) is -0.0369. The van der Waals surface area contributed by atoms with Crippen molar-refractivity contribution in [1.82, 2.24) is 9.88 Å². The molecule has 0 spiro atoms. The molecule has 1 aliphatic rings. The van der Waals surface area contributed by atoms with Gasteiger partial charge in [0.1, 0.15) is 0 Å². The van der Waals surface area contributed by atoms with E-state index < -0.39 is 0 Å². The van der Waals surface area contributed by atoms with E-state index in [1.54, 1.807) is 0 Å². The van der Waals surface area contributed by atoms with Crippen molar-refractivity contribution in [2.45, 2.75) is 46.1 Å². The number of likely N-dealkylation sites (tertiary alicyclic amines) is 1. The number of aromatic nitrogens is 1. The van der Waals surface area contributed by atoms with Crippen molar-refractivity contribution < 1.29 is 9.53 Å². The Kier molecular flexibility index (Phi) is 7.78. The molecule has 2 heterocycles. The van der Waals surface area contributed by atoms with Gasteiger partial charge in [-0.25, -0.2) is 0 Å². The molecule has 1 aromatic carbocycles. The summed E-state index contributed by atoms with van der Waals surface area (Å²) in [5.41, 5.74) is 3.55. The van der Waals surface area contributed by atoms with Crippen molar-refractivity contribution in [3.63, 3.8) is 0 Å². The summed E-state index contributed by atoms with van der Waals surface area (Å²) >= 11 is 0. The molecule has 2 aromatic rings. The number of nitrogens with one attached hydrogen (secondary N) is 1. The molecule has 1 aromatic heterocycles. The SMILES string of the molecule is CCOCC1(CCc2ccccn2)CCN(Cc2ccc(NC(C)=O)cc2)CC1. The first-order valence-corrected chi connectivity index (χ1v) is 10.7. The van der Waals surface area contributed by atoms with E-state index in [0.717, 1.165) is 64.2 Å². The summed E-state index contributed by atoms with van der Waals surface area (Å²) in [4.78, 5) is 18.2. The van der Waals surface area contributed by atoms with Crippen molar-refractivity contribution in [1.29, 1.82) is 0 Å². The van der Waals surface area contributed by atoms with Crippen LogP contribution in [0.15, 0.2) is 48.7 Å². The molecule has 29 heavy (non-hydrogen) atoms. The van der Waals surface area contributed by atoms with Crippen molar-refractivity contribution in [3.05, 3.63) is 59.9 Å². The Bertz CT molecular complexity index is 753. The van der Waals surface area contributed by atoms with Crippen LogP contribution in [0.4, 0.5) is 5.69 Å². The molecule has 1 fully saturated rings. The maximum Gasteiger partial charge on any atom is 0.221 e. The van der Waals surface area contributed by atoms with E-state index in [-0.39, 0.29) is 11.3 Å². The zero-order valence-electron chi connectivity index (χ0n) is 17.7. The van der Waals surface area contributed by atoms with Gasteiger partial charge in [0.05, 0.1) is 6.61 Å². The molecule has 0 atom stereocenters. The highest BCUT2D eigenvalue weighted by molar-refractivity contribution is 5.88. The molecule has 1 N–H and O–H groups in total. The number of pyridine rings is 1. The third kappa shape index (κ3) is 6.65. The monoisotopic (exact) mass is 395 g/mol.